The normalized spacial score (nSPS) is 48.3. The summed E-state index contributed by atoms with van der Waals surface area (Å²) in [5, 5.41) is 0. The molecule has 0 spiro atoms. The molecule has 2 unspecified atom stereocenters. The van der Waals surface area contributed by atoms with E-state index in [-0.39, 0.29) is 0 Å². The predicted octanol–water partition coefficient (Wildman–Crippen LogP) is 8.81. The smallest absolute Gasteiger partial charge is 0.0258 e. The zero-order valence-corrected chi connectivity index (χ0v) is 19.8. The largest absolute Gasteiger partial charge is 0.0999 e. The van der Waals surface area contributed by atoms with Crippen LogP contribution in [0.5, 0.6) is 0 Å². The lowest BCUT2D eigenvalue weighted by molar-refractivity contribution is -0.160. The Morgan fingerprint density at radius 1 is 0.857 bits per heavy atom. The monoisotopic (exact) mass is 384 g/mol. The number of allylic oxidation sites excluding steroid dienone is 1. The van der Waals surface area contributed by atoms with Crippen molar-refractivity contribution in [3.8, 4) is 0 Å². The van der Waals surface area contributed by atoms with E-state index in [9.17, 15) is 0 Å². The van der Waals surface area contributed by atoms with Crippen LogP contribution in [0, 0.1) is 45.8 Å². The van der Waals surface area contributed by atoms with Crippen molar-refractivity contribution in [2.75, 3.05) is 0 Å². The van der Waals surface area contributed by atoms with Crippen LogP contribution in [-0.4, -0.2) is 0 Å². The average molecular weight is 385 g/mol. The Balaban J connectivity index is 1.49. The fourth-order valence-electron chi connectivity index (χ4n) is 9.36. The molecule has 0 nitrogen and oxygen atoms in total. The van der Waals surface area contributed by atoms with Crippen LogP contribution in [0.4, 0.5) is 0 Å². The highest BCUT2D eigenvalue weighted by Crippen LogP contribution is 2.72. The van der Waals surface area contributed by atoms with Gasteiger partial charge in [0, 0.05) is 0 Å². The van der Waals surface area contributed by atoms with E-state index in [2.05, 4.69) is 41.2 Å². The molecule has 0 aromatic carbocycles. The molecule has 7 atom stereocenters. The molecule has 0 N–H and O–H groups in total. The molecule has 0 heteroatoms. The summed E-state index contributed by atoms with van der Waals surface area (Å²) in [5.41, 5.74) is 3.41. The highest BCUT2D eigenvalue weighted by atomic mass is 14.7. The van der Waals surface area contributed by atoms with Gasteiger partial charge in [-0.15, -0.1) is 0 Å². The van der Waals surface area contributed by atoms with Crippen molar-refractivity contribution >= 4 is 0 Å². The van der Waals surface area contributed by atoms with E-state index in [1.165, 1.54) is 83.5 Å². The highest BCUT2D eigenvalue weighted by Gasteiger charge is 2.64. The van der Waals surface area contributed by atoms with E-state index in [0.29, 0.717) is 16.2 Å². The van der Waals surface area contributed by atoms with Crippen LogP contribution in [0.2, 0.25) is 0 Å². The van der Waals surface area contributed by atoms with Crippen LogP contribution < -0.4 is 0 Å². The lowest BCUT2D eigenvalue weighted by Crippen LogP contribution is -2.58. The van der Waals surface area contributed by atoms with Crippen LogP contribution >= 0.6 is 0 Å². The van der Waals surface area contributed by atoms with Crippen molar-refractivity contribution in [3.05, 3.63) is 12.2 Å². The summed E-state index contributed by atoms with van der Waals surface area (Å²) >= 11 is 0. The summed E-state index contributed by atoms with van der Waals surface area (Å²) in [6, 6.07) is 0. The van der Waals surface area contributed by atoms with Gasteiger partial charge >= 0.3 is 0 Å². The molecular weight excluding hydrogens is 336 g/mol. The van der Waals surface area contributed by atoms with E-state index < -0.39 is 0 Å². The fraction of sp³-hybridized carbons (Fsp3) is 0.929. The van der Waals surface area contributed by atoms with E-state index >= 15 is 0 Å². The molecule has 4 fully saturated rings. The van der Waals surface area contributed by atoms with E-state index in [1.54, 1.807) is 5.57 Å². The van der Waals surface area contributed by atoms with Gasteiger partial charge in [-0.2, -0.15) is 0 Å². The Morgan fingerprint density at radius 3 is 2.32 bits per heavy atom. The summed E-state index contributed by atoms with van der Waals surface area (Å²) in [4.78, 5) is 0. The molecule has 4 saturated carbocycles. The third-order valence-electron chi connectivity index (χ3n) is 11.0. The van der Waals surface area contributed by atoms with Crippen molar-refractivity contribution in [3.63, 3.8) is 0 Å². The number of hydrogen-bond donors (Lipinski definition) is 0. The Hall–Kier alpha value is -0.260. The molecule has 4 aliphatic rings. The first-order chi connectivity index (χ1) is 13.2. The second kappa shape index (κ2) is 7.46. The Bertz CT molecular complexity index is 587. The van der Waals surface area contributed by atoms with Gasteiger partial charge in [0.15, 0.2) is 0 Å². The second-order valence-corrected chi connectivity index (χ2v) is 12.8. The van der Waals surface area contributed by atoms with Crippen LogP contribution in [0.3, 0.4) is 0 Å². The summed E-state index contributed by atoms with van der Waals surface area (Å²) < 4.78 is 0. The van der Waals surface area contributed by atoms with Crippen LogP contribution in [0.25, 0.3) is 0 Å². The van der Waals surface area contributed by atoms with E-state index in [0.717, 1.165) is 29.6 Å². The maximum atomic E-state index is 4.38. The van der Waals surface area contributed by atoms with Gasteiger partial charge in [0.2, 0.25) is 0 Å². The third kappa shape index (κ3) is 3.24. The van der Waals surface area contributed by atoms with Gasteiger partial charge in [0.05, 0.1) is 0 Å². The van der Waals surface area contributed by atoms with E-state index in [1.807, 2.05) is 0 Å². The zero-order chi connectivity index (χ0) is 20.2. The second-order valence-electron chi connectivity index (χ2n) is 12.8. The minimum atomic E-state index is 0.602. The van der Waals surface area contributed by atoms with Gasteiger partial charge in [-0.1, -0.05) is 66.0 Å². The summed E-state index contributed by atoms with van der Waals surface area (Å²) in [5.74, 6) is 4.80. The molecule has 0 bridgehead atoms. The van der Waals surface area contributed by atoms with Crippen molar-refractivity contribution in [1.82, 2.24) is 0 Å². The van der Waals surface area contributed by atoms with Crippen LogP contribution in [-0.2, 0) is 0 Å². The molecule has 4 rings (SSSR count). The quantitative estimate of drug-likeness (QED) is 0.328. The first-order valence-electron chi connectivity index (χ1n) is 12.9. The van der Waals surface area contributed by atoms with Gasteiger partial charge < -0.3 is 0 Å². The molecule has 28 heavy (non-hydrogen) atoms. The first kappa shape index (κ1) is 21.0. The Labute approximate surface area is 176 Å². The predicted molar refractivity (Wildman–Crippen MR) is 122 cm³/mol. The summed E-state index contributed by atoms with van der Waals surface area (Å²) in [6.45, 7) is 17.3. The molecule has 0 aliphatic heterocycles. The Kier molecular flexibility index (Phi) is 5.59. The molecule has 0 aromatic rings. The topological polar surface area (TPSA) is 0 Å². The number of hydrogen-bond acceptors (Lipinski definition) is 0. The minimum absolute atomic E-state index is 0.602. The lowest BCUT2D eigenvalue weighted by Gasteiger charge is -2.65. The molecule has 0 aromatic heterocycles. The lowest BCUT2D eigenvalue weighted by atomic mass is 9.39. The van der Waals surface area contributed by atoms with Crippen molar-refractivity contribution in [2.24, 2.45) is 45.8 Å². The standard InChI is InChI=1S/C28H48/c1-20(2)9-7-8-10-22-11-12-24-26(22,4)18-15-25-27(5)16-13-21(3)19-23(27)14-17-28(24,25)6/h20,22-25H,3,7-19H2,1-2,4-6H3/t22-,23-,24?,25?,26+,27-,28-/m0/s1. The molecular formula is C28H48. The minimum Gasteiger partial charge on any atom is -0.0999 e. The maximum Gasteiger partial charge on any atom is -0.0258 e. The van der Waals surface area contributed by atoms with Crippen LogP contribution in [0.1, 0.15) is 118 Å². The zero-order valence-electron chi connectivity index (χ0n) is 19.8. The molecule has 0 amide bonds. The van der Waals surface area contributed by atoms with Crippen LogP contribution in [0.15, 0.2) is 12.2 Å². The number of unbranched alkanes of at least 4 members (excludes halogenated alkanes) is 1. The fourth-order valence-corrected chi connectivity index (χ4v) is 9.36. The van der Waals surface area contributed by atoms with Gasteiger partial charge in [0.1, 0.15) is 0 Å². The van der Waals surface area contributed by atoms with Crippen molar-refractivity contribution in [1.29, 1.82) is 0 Å². The maximum absolute atomic E-state index is 4.38. The molecule has 0 saturated heterocycles. The van der Waals surface area contributed by atoms with Gasteiger partial charge in [-0.3, -0.25) is 0 Å². The SMILES string of the molecule is C=C1CC[C@]2(C)C3CC[C@@]4(C)C(CC[C@@H]4CCCCC(C)C)[C@]3(C)CC[C@H]2C1. The highest BCUT2D eigenvalue weighted by molar-refractivity contribution is 5.16. The summed E-state index contributed by atoms with van der Waals surface area (Å²) in [7, 11) is 0. The molecule has 4 aliphatic carbocycles. The van der Waals surface area contributed by atoms with Gasteiger partial charge in [-0.05, 0) is 110 Å². The Morgan fingerprint density at radius 2 is 1.57 bits per heavy atom. The average Bonchev–Trinajstić information content (AvgIpc) is 2.97. The number of rotatable bonds is 5. The van der Waals surface area contributed by atoms with E-state index in [4.69, 9.17) is 0 Å². The molecule has 0 heterocycles. The van der Waals surface area contributed by atoms with Gasteiger partial charge in [0.25, 0.3) is 0 Å². The number of fused-ring (bicyclic) bond motifs is 5. The molecule has 160 valence electrons. The van der Waals surface area contributed by atoms with Crippen molar-refractivity contribution in [2.45, 2.75) is 118 Å². The molecule has 0 radical (unpaired) electrons. The van der Waals surface area contributed by atoms with Crippen molar-refractivity contribution < 1.29 is 0 Å². The third-order valence-corrected chi connectivity index (χ3v) is 11.0. The van der Waals surface area contributed by atoms with Gasteiger partial charge in [-0.25, -0.2) is 0 Å². The summed E-state index contributed by atoms with van der Waals surface area (Å²) in [6.07, 6.45) is 19.0. The first-order valence-corrected chi connectivity index (χ1v) is 12.9.